The van der Waals surface area contributed by atoms with Gasteiger partial charge in [0.05, 0.1) is 12.0 Å². The summed E-state index contributed by atoms with van der Waals surface area (Å²) in [4.78, 5) is 22.5. The van der Waals surface area contributed by atoms with Crippen LogP contribution in [0.3, 0.4) is 0 Å². The highest BCUT2D eigenvalue weighted by Crippen LogP contribution is 2.40. The molecule has 0 atom stereocenters. The molecule has 0 aliphatic heterocycles. The molecule has 5 heteroatoms. The minimum Gasteiger partial charge on any atom is -0.481 e. The number of aliphatic carboxylic acids is 1. The molecule has 0 bridgehead atoms. The quantitative estimate of drug-likeness (QED) is 0.627. The molecule has 0 aromatic heterocycles. The van der Waals surface area contributed by atoms with Crippen molar-refractivity contribution in [1.82, 2.24) is 5.32 Å². The van der Waals surface area contributed by atoms with E-state index in [-0.39, 0.29) is 12.5 Å². The third kappa shape index (κ3) is 4.00. The van der Waals surface area contributed by atoms with Crippen LogP contribution in [0.5, 0.6) is 0 Å². The van der Waals surface area contributed by atoms with Crippen molar-refractivity contribution in [3.8, 4) is 0 Å². The number of carbonyl (C=O) groups is 2. The fourth-order valence-electron chi connectivity index (χ4n) is 1.84. The topological polar surface area (TPSA) is 75.6 Å². The van der Waals surface area contributed by atoms with Crippen molar-refractivity contribution in [1.29, 1.82) is 0 Å². The fourth-order valence-corrected chi connectivity index (χ4v) is 1.84. The molecule has 0 aromatic rings. The van der Waals surface area contributed by atoms with Crippen LogP contribution < -0.4 is 5.32 Å². The molecular formula is C12H21NO4. The van der Waals surface area contributed by atoms with Gasteiger partial charge < -0.3 is 15.2 Å². The molecule has 0 heterocycles. The summed E-state index contributed by atoms with van der Waals surface area (Å²) >= 11 is 0. The summed E-state index contributed by atoms with van der Waals surface area (Å²) in [5.41, 5.74) is -0.708. The highest BCUT2D eigenvalue weighted by Gasteiger charge is 2.44. The average Bonchev–Trinajstić information content (AvgIpc) is 2.22. The van der Waals surface area contributed by atoms with Crippen LogP contribution in [0.4, 0.5) is 0 Å². The summed E-state index contributed by atoms with van der Waals surface area (Å²) in [5.74, 6) is -0.931. The van der Waals surface area contributed by atoms with Crippen molar-refractivity contribution >= 4 is 11.9 Å². The lowest BCUT2D eigenvalue weighted by atomic mass is 9.69. The van der Waals surface area contributed by atoms with Crippen LogP contribution in [0.15, 0.2) is 0 Å². The fraction of sp³-hybridized carbons (Fsp3) is 0.833. The molecule has 1 fully saturated rings. The highest BCUT2D eigenvalue weighted by atomic mass is 16.5. The van der Waals surface area contributed by atoms with Crippen molar-refractivity contribution in [3.63, 3.8) is 0 Å². The minimum absolute atomic E-state index is 0.131. The molecule has 1 amide bonds. The lowest BCUT2D eigenvalue weighted by Gasteiger charge is -2.37. The van der Waals surface area contributed by atoms with Crippen LogP contribution in [0.25, 0.3) is 0 Å². The van der Waals surface area contributed by atoms with E-state index in [1.807, 2.05) is 6.92 Å². The smallest absolute Gasteiger partial charge is 0.311 e. The zero-order valence-corrected chi connectivity index (χ0v) is 10.3. The van der Waals surface area contributed by atoms with Gasteiger partial charge in [0.25, 0.3) is 0 Å². The van der Waals surface area contributed by atoms with Crippen LogP contribution in [0, 0.1) is 5.41 Å². The summed E-state index contributed by atoms with van der Waals surface area (Å²) in [5, 5.41) is 11.8. The Morgan fingerprint density at radius 3 is 2.53 bits per heavy atom. The van der Waals surface area contributed by atoms with E-state index in [0.29, 0.717) is 32.5 Å². The predicted octanol–water partition coefficient (Wildman–Crippen LogP) is 1.17. The minimum atomic E-state index is -0.800. The van der Waals surface area contributed by atoms with Gasteiger partial charge in [-0.25, -0.2) is 0 Å². The van der Waals surface area contributed by atoms with E-state index in [1.165, 1.54) is 0 Å². The number of ether oxygens (including phenoxy) is 1. The number of hydrogen-bond donors (Lipinski definition) is 2. The van der Waals surface area contributed by atoms with E-state index in [0.717, 1.165) is 12.8 Å². The molecule has 1 aliphatic rings. The second-order valence-electron chi connectivity index (χ2n) is 4.58. The Bertz CT molecular complexity index is 274. The second kappa shape index (κ2) is 6.59. The number of nitrogens with one attached hydrogen (secondary N) is 1. The Balaban J connectivity index is 2.16. The first-order chi connectivity index (χ1) is 8.10. The molecular weight excluding hydrogens is 222 g/mol. The summed E-state index contributed by atoms with van der Waals surface area (Å²) in [7, 11) is 0. The normalized spacial score (nSPS) is 17.2. The van der Waals surface area contributed by atoms with Gasteiger partial charge in [0.2, 0.25) is 5.91 Å². The van der Waals surface area contributed by atoms with Gasteiger partial charge in [-0.05, 0) is 19.3 Å². The third-order valence-electron chi connectivity index (χ3n) is 3.21. The maximum atomic E-state index is 11.4. The van der Waals surface area contributed by atoms with Gasteiger partial charge in [-0.2, -0.15) is 0 Å². The van der Waals surface area contributed by atoms with Gasteiger partial charge >= 0.3 is 5.97 Å². The van der Waals surface area contributed by atoms with E-state index in [1.54, 1.807) is 0 Å². The third-order valence-corrected chi connectivity index (χ3v) is 3.21. The van der Waals surface area contributed by atoms with Gasteiger partial charge in [0.1, 0.15) is 0 Å². The average molecular weight is 243 g/mol. The standard InChI is InChI=1S/C12H21NO4/c1-2-7-17-8-4-10(14)13-9-12(11(15)16)5-3-6-12/h2-9H2,1H3,(H,13,14)(H,15,16). The van der Waals surface area contributed by atoms with E-state index in [9.17, 15) is 9.59 Å². The molecule has 5 nitrogen and oxygen atoms in total. The maximum absolute atomic E-state index is 11.4. The lowest BCUT2D eigenvalue weighted by molar-refractivity contribution is -0.154. The van der Waals surface area contributed by atoms with Crippen LogP contribution in [-0.4, -0.2) is 36.7 Å². The molecule has 0 saturated heterocycles. The largest absolute Gasteiger partial charge is 0.481 e. The number of amides is 1. The Morgan fingerprint density at radius 2 is 2.06 bits per heavy atom. The summed E-state index contributed by atoms with van der Waals surface area (Å²) in [6.45, 7) is 3.31. The van der Waals surface area contributed by atoms with Gasteiger partial charge in [-0.3, -0.25) is 9.59 Å². The van der Waals surface area contributed by atoms with Crippen LogP contribution in [-0.2, 0) is 14.3 Å². The number of carboxylic acids is 1. The van der Waals surface area contributed by atoms with Crippen molar-refractivity contribution in [2.24, 2.45) is 5.41 Å². The molecule has 0 radical (unpaired) electrons. The SMILES string of the molecule is CCCOCCC(=O)NCC1(C(=O)O)CCC1. The molecule has 1 saturated carbocycles. The van der Waals surface area contributed by atoms with Gasteiger partial charge in [-0.15, -0.1) is 0 Å². The number of hydrogen-bond acceptors (Lipinski definition) is 3. The Labute approximate surface area is 102 Å². The Morgan fingerprint density at radius 1 is 1.35 bits per heavy atom. The first-order valence-corrected chi connectivity index (χ1v) is 6.18. The summed E-state index contributed by atoms with van der Waals surface area (Å²) < 4.78 is 5.20. The number of rotatable bonds is 8. The molecule has 17 heavy (non-hydrogen) atoms. The molecule has 0 unspecified atom stereocenters. The Hall–Kier alpha value is -1.10. The van der Waals surface area contributed by atoms with Crippen LogP contribution in [0.1, 0.15) is 39.0 Å². The van der Waals surface area contributed by atoms with E-state index < -0.39 is 11.4 Å². The zero-order valence-electron chi connectivity index (χ0n) is 10.3. The summed E-state index contributed by atoms with van der Waals surface area (Å²) in [6.07, 6.45) is 3.49. The molecule has 0 aromatic carbocycles. The first-order valence-electron chi connectivity index (χ1n) is 6.18. The zero-order chi connectivity index (χ0) is 12.7. The van der Waals surface area contributed by atoms with E-state index in [2.05, 4.69) is 5.32 Å². The van der Waals surface area contributed by atoms with Gasteiger partial charge in [-0.1, -0.05) is 13.3 Å². The second-order valence-corrected chi connectivity index (χ2v) is 4.58. The van der Waals surface area contributed by atoms with E-state index >= 15 is 0 Å². The van der Waals surface area contributed by atoms with Crippen LogP contribution >= 0.6 is 0 Å². The molecule has 2 N–H and O–H groups in total. The maximum Gasteiger partial charge on any atom is 0.311 e. The molecule has 1 rings (SSSR count). The molecule has 1 aliphatic carbocycles. The first kappa shape index (κ1) is 14.0. The van der Waals surface area contributed by atoms with Gasteiger partial charge in [0, 0.05) is 19.6 Å². The molecule has 98 valence electrons. The lowest BCUT2D eigenvalue weighted by Crippen LogP contribution is -2.47. The monoisotopic (exact) mass is 243 g/mol. The number of carbonyl (C=O) groups excluding carboxylic acids is 1. The van der Waals surface area contributed by atoms with Crippen molar-refractivity contribution in [2.75, 3.05) is 19.8 Å². The van der Waals surface area contributed by atoms with Gasteiger partial charge in [0.15, 0.2) is 0 Å². The number of carboxylic acid groups (broad SMARTS) is 1. The van der Waals surface area contributed by atoms with E-state index in [4.69, 9.17) is 9.84 Å². The molecule has 0 spiro atoms. The van der Waals surface area contributed by atoms with Crippen molar-refractivity contribution < 1.29 is 19.4 Å². The Kier molecular flexibility index (Phi) is 5.41. The predicted molar refractivity (Wildman–Crippen MR) is 62.7 cm³/mol. The summed E-state index contributed by atoms with van der Waals surface area (Å²) in [6, 6.07) is 0. The van der Waals surface area contributed by atoms with Crippen molar-refractivity contribution in [3.05, 3.63) is 0 Å². The van der Waals surface area contributed by atoms with Crippen LogP contribution in [0.2, 0.25) is 0 Å². The highest BCUT2D eigenvalue weighted by molar-refractivity contribution is 5.79. The van der Waals surface area contributed by atoms with Crippen molar-refractivity contribution in [2.45, 2.75) is 39.0 Å².